The number of hydrogen-bond donors (Lipinski definition) is 0. The van der Waals surface area contributed by atoms with Crippen LogP contribution in [0, 0.1) is 5.92 Å². The predicted octanol–water partition coefficient (Wildman–Crippen LogP) is 9.49. The maximum Gasteiger partial charge on any atom is 0.418 e. The number of pyridine rings is 1. The summed E-state index contributed by atoms with van der Waals surface area (Å²) < 4.78 is 70.6. The quantitative estimate of drug-likeness (QED) is 0.167. The van der Waals surface area contributed by atoms with Crippen LogP contribution < -0.4 is 0 Å². The summed E-state index contributed by atoms with van der Waals surface area (Å²) in [6, 6.07) is 22.9. The first-order valence-corrected chi connectivity index (χ1v) is 16.5. The van der Waals surface area contributed by atoms with E-state index in [9.17, 15) is 21.6 Å². The molecule has 7 heteroatoms. The predicted molar refractivity (Wildman–Crippen MR) is 173 cm³/mol. The monoisotopic (exact) mass is 615 g/mol. The molecule has 0 fully saturated rings. The number of sulfone groups is 1. The van der Waals surface area contributed by atoms with Crippen LogP contribution in [-0.2, 0) is 27.2 Å². The van der Waals surface area contributed by atoms with Gasteiger partial charge in [0.05, 0.1) is 16.8 Å². The van der Waals surface area contributed by atoms with Gasteiger partial charge in [-0.3, -0.25) is 4.98 Å². The number of halogens is 3. The minimum Gasteiger partial charge on any atom is -0.255 e. The molecule has 228 valence electrons. The van der Waals surface area contributed by atoms with E-state index in [1.807, 2.05) is 72.8 Å². The Hall–Kier alpha value is -3.97. The minimum absolute atomic E-state index is 0.0762. The third-order valence-electron chi connectivity index (χ3n) is 8.15. The number of fused-ring (bicyclic) bond motifs is 1. The number of aromatic nitrogens is 1. The van der Waals surface area contributed by atoms with Gasteiger partial charge in [0.15, 0.2) is 9.84 Å². The van der Waals surface area contributed by atoms with Crippen LogP contribution in [0.1, 0.15) is 60.9 Å². The summed E-state index contributed by atoms with van der Waals surface area (Å²) in [6.07, 6.45) is 7.72. The summed E-state index contributed by atoms with van der Waals surface area (Å²) in [6.45, 7) is 4.23. The van der Waals surface area contributed by atoms with Crippen LogP contribution in [0.3, 0.4) is 0 Å². The SMILES string of the molecule is CC(C)CCC=CCS(=O)(=O)C1(c2c(Cc3ccccc3)cnc3c(C(F)(F)F)cccc23)C=CC=C(c2ccccc2)C1. The van der Waals surface area contributed by atoms with E-state index >= 15 is 0 Å². The van der Waals surface area contributed by atoms with Gasteiger partial charge in [0.1, 0.15) is 4.75 Å². The lowest BCUT2D eigenvalue weighted by Gasteiger charge is -2.36. The van der Waals surface area contributed by atoms with Crippen LogP contribution in [0.5, 0.6) is 0 Å². The Balaban J connectivity index is 1.77. The largest absolute Gasteiger partial charge is 0.418 e. The molecule has 1 heterocycles. The maximum absolute atomic E-state index is 14.7. The number of para-hydroxylation sites is 1. The highest BCUT2D eigenvalue weighted by Gasteiger charge is 2.47. The average Bonchev–Trinajstić information content (AvgIpc) is 3.00. The molecule has 0 aliphatic heterocycles. The summed E-state index contributed by atoms with van der Waals surface area (Å²) in [5, 5.41) is 0.194. The molecule has 1 aliphatic carbocycles. The molecule has 0 amide bonds. The standard InChI is InChI=1S/C37H36F3NO2S/c1-27(2)14-6-5-11-23-44(42,43)36(22-13-19-30(25-36)29-17-9-4-10-18-29)34-31(24-28-15-7-3-8-16-28)26-41-35-32(34)20-12-21-33(35)37(38,39)40/h3-5,7-13,15-22,26-27H,6,14,23-25H2,1-2H3. The highest BCUT2D eigenvalue weighted by molar-refractivity contribution is 7.92. The molecule has 3 aromatic carbocycles. The summed E-state index contributed by atoms with van der Waals surface area (Å²) >= 11 is 0. The van der Waals surface area contributed by atoms with Crippen molar-refractivity contribution in [2.24, 2.45) is 5.92 Å². The Morgan fingerprint density at radius 2 is 1.64 bits per heavy atom. The fourth-order valence-electron chi connectivity index (χ4n) is 5.95. The van der Waals surface area contributed by atoms with Gasteiger partial charge in [-0.05, 0) is 59.1 Å². The van der Waals surface area contributed by atoms with E-state index < -0.39 is 26.3 Å². The van der Waals surface area contributed by atoms with Gasteiger partial charge in [-0.15, -0.1) is 0 Å². The second-order valence-corrected chi connectivity index (χ2v) is 14.0. The summed E-state index contributed by atoms with van der Waals surface area (Å²) in [5.74, 6) is 0.236. The van der Waals surface area contributed by atoms with Crippen molar-refractivity contribution in [2.75, 3.05) is 5.75 Å². The van der Waals surface area contributed by atoms with Crippen LogP contribution in [0.25, 0.3) is 16.5 Å². The zero-order chi connectivity index (χ0) is 31.4. The lowest BCUT2D eigenvalue weighted by Crippen LogP contribution is -2.38. The molecule has 5 rings (SSSR count). The molecule has 1 aliphatic rings. The van der Waals surface area contributed by atoms with Gasteiger partial charge < -0.3 is 0 Å². The summed E-state index contributed by atoms with van der Waals surface area (Å²) in [5.41, 5.74) is 2.35. The van der Waals surface area contributed by atoms with Crippen molar-refractivity contribution < 1.29 is 21.6 Å². The second-order valence-electron chi connectivity index (χ2n) is 11.7. The van der Waals surface area contributed by atoms with Gasteiger partial charge in [0.25, 0.3) is 0 Å². The number of nitrogens with zero attached hydrogens (tertiary/aromatic N) is 1. The molecule has 0 radical (unpaired) electrons. The van der Waals surface area contributed by atoms with E-state index in [2.05, 4.69) is 18.8 Å². The Morgan fingerprint density at radius 1 is 0.932 bits per heavy atom. The lowest BCUT2D eigenvalue weighted by molar-refractivity contribution is -0.136. The molecule has 44 heavy (non-hydrogen) atoms. The first-order valence-electron chi connectivity index (χ1n) is 14.8. The van der Waals surface area contributed by atoms with E-state index in [-0.39, 0.29) is 23.1 Å². The van der Waals surface area contributed by atoms with Crippen molar-refractivity contribution in [3.8, 4) is 0 Å². The fourth-order valence-corrected chi connectivity index (χ4v) is 7.85. The van der Waals surface area contributed by atoms with Crippen LogP contribution in [0.15, 0.2) is 115 Å². The van der Waals surface area contributed by atoms with E-state index in [0.717, 1.165) is 35.6 Å². The Labute approximate surface area is 257 Å². The Bertz CT molecular complexity index is 1810. The van der Waals surface area contributed by atoms with Gasteiger partial charge in [0, 0.05) is 18.0 Å². The van der Waals surface area contributed by atoms with Crippen molar-refractivity contribution >= 4 is 26.3 Å². The normalized spacial score (nSPS) is 17.5. The maximum atomic E-state index is 14.7. The highest BCUT2D eigenvalue weighted by atomic mass is 32.2. The number of hydrogen-bond acceptors (Lipinski definition) is 3. The van der Waals surface area contributed by atoms with Crippen molar-refractivity contribution in [1.82, 2.24) is 4.98 Å². The third kappa shape index (κ3) is 6.58. The van der Waals surface area contributed by atoms with Crippen LogP contribution >= 0.6 is 0 Å². The number of alkyl halides is 3. The van der Waals surface area contributed by atoms with Crippen molar-refractivity contribution in [3.05, 3.63) is 143 Å². The molecule has 1 aromatic heterocycles. The van der Waals surface area contributed by atoms with Crippen molar-refractivity contribution in [1.29, 1.82) is 0 Å². The first-order chi connectivity index (χ1) is 21.0. The number of allylic oxidation sites excluding steroid dienone is 4. The summed E-state index contributed by atoms with van der Waals surface area (Å²) in [7, 11) is -4.02. The molecule has 0 bridgehead atoms. The second kappa shape index (κ2) is 12.9. The Kier molecular flexibility index (Phi) is 9.26. The number of benzene rings is 3. The molecule has 0 saturated carbocycles. The topological polar surface area (TPSA) is 47.0 Å². The van der Waals surface area contributed by atoms with Crippen LogP contribution in [-0.4, -0.2) is 19.2 Å². The molecular formula is C37H36F3NO2S. The van der Waals surface area contributed by atoms with E-state index in [1.54, 1.807) is 24.3 Å². The van der Waals surface area contributed by atoms with Crippen molar-refractivity contribution in [3.63, 3.8) is 0 Å². The van der Waals surface area contributed by atoms with Crippen LogP contribution in [0.2, 0.25) is 0 Å². The number of rotatable bonds is 10. The fraction of sp³-hybridized carbons (Fsp3) is 0.270. The molecule has 0 N–H and O–H groups in total. The molecular weight excluding hydrogens is 579 g/mol. The highest BCUT2D eigenvalue weighted by Crippen LogP contribution is 2.49. The summed E-state index contributed by atoms with van der Waals surface area (Å²) in [4.78, 5) is 4.33. The molecule has 1 atom stereocenters. The molecule has 4 aromatic rings. The van der Waals surface area contributed by atoms with Gasteiger partial charge in [-0.1, -0.05) is 117 Å². The smallest absolute Gasteiger partial charge is 0.255 e. The average molecular weight is 616 g/mol. The Morgan fingerprint density at radius 3 is 2.32 bits per heavy atom. The minimum atomic E-state index is -4.66. The molecule has 0 saturated heterocycles. The molecule has 1 unspecified atom stereocenters. The first kappa shape index (κ1) is 31.5. The van der Waals surface area contributed by atoms with Gasteiger partial charge >= 0.3 is 6.18 Å². The van der Waals surface area contributed by atoms with Gasteiger partial charge in [0.2, 0.25) is 0 Å². The lowest BCUT2D eigenvalue weighted by atomic mass is 9.80. The van der Waals surface area contributed by atoms with Crippen molar-refractivity contribution in [2.45, 2.75) is 50.5 Å². The zero-order valence-corrected chi connectivity index (χ0v) is 25.7. The third-order valence-corrected chi connectivity index (χ3v) is 10.4. The van der Waals surface area contributed by atoms with Crippen LogP contribution in [0.4, 0.5) is 13.2 Å². The van der Waals surface area contributed by atoms with Gasteiger partial charge in [-0.2, -0.15) is 13.2 Å². The molecule has 3 nitrogen and oxygen atoms in total. The van der Waals surface area contributed by atoms with Gasteiger partial charge in [-0.25, -0.2) is 8.42 Å². The van der Waals surface area contributed by atoms with E-state index in [4.69, 9.17) is 0 Å². The molecule has 0 spiro atoms. The van der Waals surface area contributed by atoms with E-state index in [1.165, 1.54) is 12.3 Å². The van der Waals surface area contributed by atoms with E-state index in [0.29, 0.717) is 23.5 Å². The zero-order valence-electron chi connectivity index (χ0n) is 24.9.